The summed E-state index contributed by atoms with van der Waals surface area (Å²) in [5, 5.41) is 5.49. The zero-order chi connectivity index (χ0) is 20.4. The Morgan fingerprint density at radius 1 is 1.17 bits per heavy atom. The van der Waals surface area contributed by atoms with E-state index >= 15 is 0 Å². The highest BCUT2D eigenvalue weighted by Gasteiger charge is 2.21. The lowest BCUT2D eigenvalue weighted by Crippen LogP contribution is -2.22. The van der Waals surface area contributed by atoms with Gasteiger partial charge >= 0.3 is 0 Å². The van der Waals surface area contributed by atoms with Crippen molar-refractivity contribution < 1.29 is 4.52 Å². The van der Waals surface area contributed by atoms with Gasteiger partial charge in [0.15, 0.2) is 11.0 Å². The molecule has 0 aliphatic rings. The van der Waals surface area contributed by atoms with E-state index in [9.17, 15) is 4.79 Å². The Balaban J connectivity index is 1.81. The molecule has 0 unspecified atom stereocenters. The highest BCUT2D eigenvalue weighted by atomic mass is 35.5. The standard InChI is InChI=1S/C21H19ClN4O2S/c1-3-7-18-24-19(28-25-18)13(2)29-21-23-17-11-5-4-10-16(17)20(27)26(21)15-9-6-8-14(22)12-15/h4-6,8-13H,3,7H2,1-2H3/t13-/m1/s1. The number of aromatic nitrogens is 4. The van der Waals surface area contributed by atoms with Crippen LogP contribution in [0.1, 0.15) is 37.2 Å². The number of halogens is 1. The number of para-hydroxylation sites is 1. The van der Waals surface area contributed by atoms with Crippen molar-refractivity contribution in [3.05, 3.63) is 75.6 Å². The molecule has 1 atom stereocenters. The van der Waals surface area contributed by atoms with Gasteiger partial charge in [0.2, 0.25) is 5.89 Å². The number of hydrogen-bond donors (Lipinski definition) is 0. The average molecular weight is 427 g/mol. The van der Waals surface area contributed by atoms with Gasteiger partial charge in [-0.05, 0) is 43.7 Å². The van der Waals surface area contributed by atoms with Crippen LogP contribution in [0.3, 0.4) is 0 Å². The lowest BCUT2D eigenvalue weighted by atomic mass is 10.2. The molecular formula is C21H19ClN4O2S. The summed E-state index contributed by atoms with van der Waals surface area (Å²) in [5.41, 5.74) is 1.15. The van der Waals surface area contributed by atoms with Crippen molar-refractivity contribution in [2.75, 3.05) is 0 Å². The van der Waals surface area contributed by atoms with Crippen LogP contribution in [-0.2, 0) is 6.42 Å². The Morgan fingerprint density at radius 3 is 2.79 bits per heavy atom. The van der Waals surface area contributed by atoms with Gasteiger partial charge in [-0.3, -0.25) is 9.36 Å². The van der Waals surface area contributed by atoms with E-state index in [1.54, 1.807) is 22.8 Å². The molecule has 0 spiro atoms. The van der Waals surface area contributed by atoms with Crippen LogP contribution in [0.2, 0.25) is 5.02 Å². The van der Waals surface area contributed by atoms with Crippen LogP contribution < -0.4 is 5.56 Å². The minimum atomic E-state index is -0.174. The molecule has 2 aromatic carbocycles. The molecule has 2 heterocycles. The molecule has 2 aromatic heterocycles. The van der Waals surface area contributed by atoms with Crippen LogP contribution in [-0.4, -0.2) is 19.7 Å². The molecule has 4 rings (SSSR count). The molecule has 0 aliphatic carbocycles. The molecule has 0 N–H and O–H groups in total. The molecule has 6 nitrogen and oxygen atoms in total. The fourth-order valence-electron chi connectivity index (χ4n) is 3.00. The highest BCUT2D eigenvalue weighted by Crippen LogP contribution is 2.34. The van der Waals surface area contributed by atoms with Gasteiger partial charge in [0.1, 0.15) is 0 Å². The monoisotopic (exact) mass is 426 g/mol. The molecule has 0 fully saturated rings. The number of benzene rings is 2. The molecular weight excluding hydrogens is 408 g/mol. The van der Waals surface area contributed by atoms with Crippen molar-refractivity contribution in [3.63, 3.8) is 0 Å². The maximum absolute atomic E-state index is 13.3. The van der Waals surface area contributed by atoms with E-state index in [1.807, 2.05) is 37.3 Å². The first-order valence-corrected chi connectivity index (χ1v) is 10.6. The minimum absolute atomic E-state index is 0.148. The van der Waals surface area contributed by atoms with Gasteiger partial charge in [-0.1, -0.05) is 53.6 Å². The van der Waals surface area contributed by atoms with Crippen LogP contribution in [0.4, 0.5) is 0 Å². The average Bonchev–Trinajstić information content (AvgIpc) is 3.17. The molecule has 148 valence electrons. The van der Waals surface area contributed by atoms with Crippen molar-refractivity contribution in [1.82, 2.24) is 19.7 Å². The van der Waals surface area contributed by atoms with E-state index in [0.717, 1.165) is 12.8 Å². The van der Waals surface area contributed by atoms with Gasteiger partial charge in [-0.2, -0.15) is 4.98 Å². The number of nitrogens with zero attached hydrogens (tertiary/aromatic N) is 4. The molecule has 0 amide bonds. The number of rotatable bonds is 6. The van der Waals surface area contributed by atoms with Gasteiger partial charge in [0.25, 0.3) is 5.56 Å². The molecule has 0 radical (unpaired) electrons. The second kappa shape index (κ2) is 8.39. The second-order valence-corrected chi connectivity index (χ2v) is 8.34. The highest BCUT2D eigenvalue weighted by molar-refractivity contribution is 7.99. The van der Waals surface area contributed by atoms with Crippen LogP contribution in [0, 0.1) is 0 Å². The third kappa shape index (κ3) is 4.06. The maximum Gasteiger partial charge on any atom is 0.266 e. The number of hydrogen-bond acceptors (Lipinski definition) is 6. The first kappa shape index (κ1) is 19.7. The fourth-order valence-corrected chi connectivity index (χ4v) is 4.14. The van der Waals surface area contributed by atoms with Crippen molar-refractivity contribution >= 4 is 34.3 Å². The summed E-state index contributed by atoms with van der Waals surface area (Å²) < 4.78 is 7.00. The SMILES string of the molecule is CCCc1noc([C@@H](C)Sc2nc3ccccc3c(=O)n2-c2cccc(Cl)c2)n1. The maximum atomic E-state index is 13.3. The van der Waals surface area contributed by atoms with Crippen LogP contribution in [0.15, 0.2) is 63.0 Å². The van der Waals surface area contributed by atoms with E-state index in [1.165, 1.54) is 11.8 Å². The normalized spacial score (nSPS) is 12.4. The summed E-state index contributed by atoms with van der Waals surface area (Å²) >= 11 is 7.57. The first-order valence-electron chi connectivity index (χ1n) is 9.33. The van der Waals surface area contributed by atoms with E-state index in [0.29, 0.717) is 38.5 Å². The summed E-state index contributed by atoms with van der Waals surface area (Å²) in [5.74, 6) is 1.20. The van der Waals surface area contributed by atoms with Crippen molar-refractivity contribution in [2.45, 2.75) is 37.1 Å². The molecule has 4 aromatic rings. The Morgan fingerprint density at radius 2 is 2.00 bits per heavy atom. The second-order valence-electron chi connectivity index (χ2n) is 6.59. The first-order chi connectivity index (χ1) is 14.1. The van der Waals surface area contributed by atoms with Gasteiger partial charge < -0.3 is 4.52 Å². The largest absolute Gasteiger partial charge is 0.338 e. The quantitative estimate of drug-likeness (QED) is 0.310. The smallest absolute Gasteiger partial charge is 0.266 e. The minimum Gasteiger partial charge on any atom is -0.338 e. The molecule has 29 heavy (non-hydrogen) atoms. The molecule has 8 heteroatoms. The zero-order valence-corrected chi connectivity index (χ0v) is 17.6. The fraction of sp³-hybridized carbons (Fsp3) is 0.238. The number of fused-ring (bicyclic) bond motifs is 1. The summed E-state index contributed by atoms with van der Waals surface area (Å²) in [6, 6.07) is 14.5. The predicted octanol–water partition coefficient (Wildman–Crippen LogP) is 5.23. The third-order valence-electron chi connectivity index (χ3n) is 4.40. The summed E-state index contributed by atoms with van der Waals surface area (Å²) in [4.78, 5) is 22.5. The van der Waals surface area contributed by atoms with Gasteiger partial charge in [0, 0.05) is 11.4 Å². The van der Waals surface area contributed by atoms with E-state index in [-0.39, 0.29) is 10.8 Å². The van der Waals surface area contributed by atoms with E-state index < -0.39 is 0 Å². The molecule has 0 saturated carbocycles. The molecule has 0 bridgehead atoms. The summed E-state index contributed by atoms with van der Waals surface area (Å²) in [7, 11) is 0. The third-order valence-corrected chi connectivity index (χ3v) is 5.67. The zero-order valence-electron chi connectivity index (χ0n) is 16.0. The van der Waals surface area contributed by atoms with Crippen molar-refractivity contribution in [2.24, 2.45) is 0 Å². The Labute approximate surface area is 176 Å². The number of aryl methyl sites for hydroxylation is 1. The van der Waals surface area contributed by atoms with Crippen molar-refractivity contribution in [1.29, 1.82) is 0 Å². The van der Waals surface area contributed by atoms with Crippen LogP contribution in [0.25, 0.3) is 16.6 Å². The lowest BCUT2D eigenvalue weighted by Gasteiger charge is -2.15. The Bertz CT molecular complexity index is 1220. The van der Waals surface area contributed by atoms with Crippen molar-refractivity contribution in [3.8, 4) is 5.69 Å². The van der Waals surface area contributed by atoms with E-state index in [2.05, 4.69) is 17.1 Å². The van der Waals surface area contributed by atoms with E-state index in [4.69, 9.17) is 21.1 Å². The summed E-state index contributed by atoms with van der Waals surface area (Å²) in [6.45, 7) is 4.02. The van der Waals surface area contributed by atoms with Crippen LogP contribution in [0.5, 0.6) is 0 Å². The van der Waals surface area contributed by atoms with Gasteiger partial charge in [0.05, 0.1) is 21.8 Å². The molecule has 0 saturated heterocycles. The Kier molecular flexibility index (Phi) is 5.69. The number of thioether (sulfide) groups is 1. The topological polar surface area (TPSA) is 73.8 Å². The summed E-state index contributed by atoms with van der Waals surface area (Å²) in [6.07, 6.45) is 1.71. The van der Waals surface area contributed by atoms with Gasteiger partial charge in [-0.25, -0.2) is 4.98 Å². The lowest BCUT2D eigenvalue weighted by molar-refractivity contribution is 0.374. The van der Waals surface area contributed by atoms with Crippen LogP contribution >= 0.6 is 23.4 Å². The predicted molar refractivity (Wildman–Crippen MR) is 115 cm³/mol. The Hall–Kier alpha value is -2.64. The van der Waals surface area contributed by atoms with Gasteiger partial charge in [-0.15, -0.1) is 0 Å². The molecule has 0 aliphatic heterocycles.